The average molecular weight is 451 g/mol. The molecule has 0 radical (unpaired) electrons. The summed E-state index contributed by atoms with van der Waals surface area (Å²) in [5, 5.41) is 7.12. The van der Waals surface area contributed by atoms with Gasteiger partial charge in [0.2, 0.25) is 15.9 Å². The van der Waals surface area contributed by atoms with Crippen molar-refractivity contribution in [2.75, 3.05) is 18.8 Å². The Hall–Kier alpha value is -2.21. The van der Waals surface area contributed by atoms with Gasteiger partial charge in [0.05, 0.1) is 5.75 Å². The van der Waals surface area contributed by atoms with E-state index in [4.69, 9.17) is 9.90 Å². The van der Waals surface area contributed by atoms with Gasteiger partial charge < -0.3 is 10.0 Å². The highest BCUT2D eigenvalue weighted by Gasteiger charge is 2.47. The summed E-state index contributed by atoms with van der Waals surface area (Å²) in [6, 6.07) is 3.85. The van der Waals surface area contributed by atoms with Crippen molar-refractivity contribution in [3.05, 3.63) is 30.1 Å². The predicted octanol–water partition coefficient (Wildman–Crippen LogP) is 2.02. The summed E-state index contributed by atoms with van der Waals surface area (Å²) in [5.41, 5.74) is 0.831. The van der Waals surface area contributed by atoms with Crippen molar-refractivity contribution in [1.82, 2.24) is 14.2 Å². The molecule has 2 fully saturated rings. The van der Waals surface area contributed by atoms with Crippen molar-refractivity contribution >= 4 is 21.9 Å². The Kier molecular flexibility index (Phi) is 7.45. The quantitative estimate of drug-likeness (QED) is 0.751. The molecule has 0 saturated carbocycles. The molecule has 3 rings (SSSR count). The lowest BCUT2D eigenvalue weighted by atomic mass is 9.85. The Morgan fingerprint density at radius 3 is 2.33 bits per heavy atom. The van der Waals surface area contributed by atoms with Crippen LogP contribution in [0, 0.1) is 0 Å². The third-order valence-corrected chi connectivity index (χ3v) is 7.28. The van der Waals surface area contributed by atoms with E-state index in [1.807, 2.05) is 17.0 Å². The molecule has 1 amide bonds. The van der Waals surface area contributed by atoms with E-state index in [1.54, 1.807) is 23.6 Å². The summed E-state index contributed by atoms with van der Waals surface area (Å²) in [4.78, 5) is 27.3. The maximum atomic E-state index is 12.4. The zero-order valence-corrected chi connectivity index (χ0v) is 17.2. The highest BCUT2D eigenvalue weighted by atomic mass is 32.2. The normalized spacial score (nSPS) is 19.5. The number of sulfonamides is 1. The largest absolute Gasteiger partial charge is 0.490 e. The van der Waals surface area contributed by atoms with Crippen LogP contribution >= 0.6 is 0 Å². The van der Waals surface area contributed by atoms with Crippen molar-refractivity contribution in [3.63, 3.8) is 0 Å². The SMILES string of the molecule is CCS(=O)(=O)N1CCC2(CCC(=O)N2Cc2cccnc2)CC1.O=C(O)C(F)(F)F. The molecule has 30 heavy (non-hydrogen) atoms. The molecular formula is C18H24F3N3O5S. The zero-order valence-electron chi connectivity index (χ0n) is 16.4. The van der Waals surface area contributed by atoms with Gasteiger partial charge >= 0.3 is 12.1 Å². The maximum absolute atomic E-state index is 12.4. The molecule has 0 atom stereocenters. The van der Waals surface area contributed by atoms with Crippen LogP contribution in [0.3, 0.4) is 0 Å². The molecule has 12 heteroatoms. The first-order valence-corrected chi connectivity index (χ1v) is 11.0. The van der Waals surface area contributed by atoms with Crippen molar-refractivity contribution in [3.8, 4) is 0 Å². The molecular weight excluding hydrogens is 427 g/mol. The second-order valence-corrected chi connectivity index (χ2v) is 9.43. The minimum atomic E-state index is -5.08. The number of aromatic nitrogens is 1. The fourth-order valence-corrected chi connectivity index (χ4v) is 4.79. The molecule has 1 spiro atoms. The number of nitrogens with zero attached hydrogens (tertiary/aromatic N) is 3. The summed E-state index contributed by atoms with van der Waals surface area (Å²) < 4.78 is 57.4. The van der Waals surface area contributed by atoms with Crippen LogP contribution in [0.5, 0.6) is 0 Å². The van der Waals surface area contributed by atoms with Gasteiger partial charge in [-0.15, -0.1) is 0 Å². The van der Waals surface area contributed by atoms with Crippen molar-refractivity contribution in [1.29, 1.82) is 0 Å². The Morgan fingerprint density at radius 1 is 1.27 bits per heavy atom. The van der Waals surface area contributed by atoms with Gasteiger partial charge in [-0.05, 0) is 37.8 Å². The summed E-state index contributed by atoms with van der Waals surface area (Å²) in [6.07, 6.45) is 1.25. The Bertz CT molecular complexity index is 854. The molecule has 1 N–H and O–H groups in total. The third-order valence-electron chi connectivity index (χ3n) is 5.40. The van der Waals surface area contributed by atoms with Crippen molar-refractivity contribution < 1.29 is 36.3 Å². The maximum Gasteiger partial charge on any atom is 0.490 e. The molecule has 1 aromatic heterocycles. The van der Waals surface area contributed by atoms with Gasteiger partial charge in [0, 0.05) is 44.0 Å². The summed E-state index contributed by atoms with van der Waals surface area (Å²) in [5.74, 6) is -2.45. The van der Waals surface area contributed by atoms with Gasteiger partial charge in [0.1, 0.15) is 0 Å². The monoisotopic (exact) mass is 451 g/mol. The number of halogens is 3. The molecule has 2 saturated heterocycles. The van der Waals surface area contributed by atoms with Crippen LogP contribution in [0.1, 0.15) is 38.2 Å². The number of carboxylic acids is 1. The number of hydrogen-bond acceptors (Lipinski definition) is 5. The number of piperidine rings is 1. The van der Waals surface area contributed by atoms with Crippen LogP contribution in [0.4, 0.5) is 13.2 Å². The van der Waals surface area contributed by atoms with E-state index in [-0.39, 0.29) is 17.2 Å². The number of carbonyl (C=O) groups is 2. The predicted molar refractivity (Wildman–Crippen MR) is 101 cm³/mol. The zero-order chi connectivity index (χ0) is 22.6. The number of hydrogen-bond donors (Lipinski definition) is 1. The van der Waals surface area contributed by atoms with Gasteiger partial charge in [0.25, 0.3) is 0 Å². The lowest BCUT2D eigenvalue weighted by Gasteiger charge is -2.44. The minimum Gasteiger partial charge on any atom is -0.475 e. The topological polar surface area (TPSA) is 108 Å². The average Bonchev–Trinajstić information content (AvgIpc) is 2.98. The Morgan fingerprint density at radius 2 is 1.87 bits per heavy atom. The number of carbonyl (C=O) groups excluding carboxylic acids is 1. The number of aliphatic carboxylic acids is 1. The van der Waals surface area contributed by atoms with E-state index in [0.29, 0.717) is 26.1 Å². The first-order chi connectivity index (χ1) is 13.9. The van der Waals surface area contributed by atoms with Crippen LogP contribution < -0.4 is 0 Å². The molecule has 0 aliphatic carbocycles. The van der Waals surface area contributed by atoms with Gasteiger partial charge in [0.15, 0.2) is 0 Å². The molecule has 168 valence electrons. The van der Waals surface area contributed by atoms with Crippen LogP contribution in [0.2, 0.25) is 0 Å². The van der Waals surface area contributed by atoms with Gasteiger partial charge in [-0.1, -0.05) is 6.07 Å². The van der Waals surface area contributed by atoms with Gasteiger partial charge in [-0.3, -0.25) is 9.78 Å². The molecule has 2 aliphatic heterocycles. The van der Waals surface area contributed by atoms with Gasteiger partial charge in [-0.2, -0.15) is 13.2 Å². The minimum absolute atomic E-state index is 0.137. The number of likely N-dealkylation sites (tertiary alicyclic amines) is 1. The molecule has 3 heterocycles. The summed E-state index contributed by atoms with van der Waals surface area (Å²) in [7, 11) is -3.14. The van der Waals surface area contributed by atoms with E-state index in [0.717, 1.165) is 24.8 Å². The second kappa shape index (κ2) is 9.29. The van der Waals surface area contributed by atoms with Crippen molar-refractivity contribution in [2.45, 2.75) is 50.9 Å². The summed E-state index contributed by atoms with van der Waals surface area (Å²) >= 11 is 0. The van der Waals surface area contributed by atoms with Crippen LogP contribution in [0.25, 0.3) is 0 Å². The van der Waals surface area contributed by atoms with Crippen molar-refractivity contribution in [2.24, 2.45) is 0 Å². The highest BCUT2D eigenvalue weighted by Crippen LogP contribution is 2.40. The highest BCUT2D eigenvalue weighted by molar-refractivity contribution is 7.89. The fourth-order valence-electron chi connectivity index (χ4n) is 3.69. The fraction of sp³-hybridized carbons (Fsp3) is 0.611. The first kappa shape index (κ1) is 24.1. The van der Waals surface area contributed by atoms with E-state index >= 15 is 0 Å². The number of alkyl halides is 3. The van der Waals surface area contributed by atoms with E-state index < -0.39 is 22.2 Å². The number of amides is 1. The second-order valence-electron chi connectivity index (χ2n) is 7.17. The first-order valence-electron chi connectivity index (χ1n) is 9.38. The molecule has 2 aliphatic rings. The number of pyridine rings is 1. The van der Waals surface area contributed by atoms with Crippen LogP contribution in [-0.2, 0) is 26.2 Å². The Labute approximate surface area is 172 Å². The van der Waals surface area contributed by atoms with E-state index in [1.165, 1.54) is 0 Å². The Balaban J connectivity index is 0.000000396. The molecule has 8 nitrogen and oxygen atoms in total. The molecule has 1 aromatic rings. The van der Waals surface area contributed by atoms with E-state index in [2.05, 4.69) is 4.98 Å². The standard InChI is InChI=1S/C16H23N3O3S.C2HF3O2/c1-2-23(21,22)18-10-7-16(8-11-18)6-5-15(20)19(16)13-14-4-3-9-17-12-14;3-2(4,5)1(6)7/h3-4,9,12H,2,5-8,10-11,13H2,1H3;(H,6,7). The van der Waals surface area contributed by atoms with E-state index in [9.17, 15) is 26.4 Å². The third kappa shape index (κ3) is 5.69. The molecule has 0 aromatic carbocycles. The number of carboxylic acid groups (broad SMARTS) is 1. The lowest BCUT2D eigenvalue weighted by molar-refractivity contribution is -0.192. The lowest BCUT2D eigenvalue weighted by Crippen LogP contribution is -2.54. The number of rotatable bonds is 4. The smallest absolute Gasteiger partial charge is 0.475 e. The molecule has 0 unspecified atom stereocenters. The van der Waals surface area contributed by atoms with Crippen LogP contribution in [-0.4, -0.2) is 70.1 Å². The molecule has 0 bridgehead atoms. The summed E-state index contributed by atoms with van der Waals surface area (Å²) in [6.45, 7) is 3.25. The van der Waals surface area contributed by atoms with Crippen LogP contribution in [0.15, 0.2) is 24.5 Å². The van der Waals surface area contributed by atoms with Gasteiger partial charge in [-0.25, -0.2) is 17.5 Å².